The molecule has 0 amide bonds. The maximum atomic E-state index is 12.1. The van der Waals surface area contributed by atoms with Crippen molar-refractivity contribution in [3.8, 4) is 0 Å². The third-order valence-electron chi connectivity index (χ3n) is 1.75. The van der Waals surface area contributed by atoms with Crippen molar-refractivity contribution in [3.05, 3.63) is 0 Å². The van der Waals surface area contributed by atoms with Crippen LogP contribution in [0.5, 0.6) is 0 Å². The molecule has 10 heavy (non-hydrogen) atoms. The molecule has 2 atom stereocenters. The van der Waals surface area contributed by atoms with Crippen LogP contribution >= 0.6 is 0 Å². The van der Waals surface area contributed by atoms with Crippen molar-refractivity contribution in [1.82, 2.24) is 0 Å². The van der Waals surface area contributed by atoms with E-state index in [0.717, 1.165) is 0 Å². The highest BCUT2D eigenvalue weighted by molar-refractivity contribution is 7.87. The molecule has 0 aromatic carbocycles. The summed E-state index contributed by atoms with van der Waals surface area (Å²) in [4.78, 5) is 0. The van der Waals surface area contributed by atoms with Crippen LogP contribution in [0.25, 0.3) is 0 Å². The van der Waals surface area contributed by atoms with E-state index in [-0.39, 0.29) is 12.8 Å². The molecule has 1 aliphatic rings. The fraction of sp³-hybridized carbons (Fsp3) is 1.00. The summed E-state index contributed by atoms with van der Waals surface area (Å²) in [6, 6.07) is 0. The molecule has 0 aromatic rings. The van der Waals surface area contributed by atoms with Gasteiger partial charge in [0.05, 0.1) is 11.4 Å². The summed E-state index contributed by atoms with van der Waals surface area (Å²) in [5, 5.41) is 7.88. The van der Waals surface area contributed by atoms with E-state index in [1.54, 1.807) is 0 Å². The molecule has 0 heterocycles. The summed E-state index contributed by atoms with van der Waals surface area (Å²) in [6.07, 6.45) is 0.0719. The van der Waals surface area contributed by atoms with E-state index >= 15 is 0 Å². The first-order chi connectivity index (χ1) is 4.50. The first kappa shape index (κ1) is 7.94. The highest BCUT2D eigenvalue weighted by atomic mass is 32.3. The van der Waals surface area contributed by atoms with Crippen LogP contribution in [0, 0.1) is 0 Å². The van der Waals surface area contributed by atoms with Gasteiger partial charge >= 0.3 is 10.2 Å². The predicted octanol–water partition coefficient (Wildman–Crippen LogP) is 0.199. The van der Waals surface area contributed by atoms with Crippen LogP contribution in [0.15, 0.2) is 0 Å². The molecule has 0 bridgehead atoms. The Bertz CT molecular complexity index is 211. The molecule has 3 nitrogen and oxygen atoms in total. The van der Waals surface area contributed by atoms with Gasteiger partial charge in [-0.05, 0) is 19.3 Å². The second-order valence-electron chi connectivity index (χ2n) is 2.56. The molecular weight excluding hydrogens is 159 g/mol. The molecule has 0 saturated heterocycles. The minimum absolute atomic E-state index is 0.0544. The zero-order valence-electron chi connectivity index (χ0n) is 5.33. The molecule has 60 valence electrons. The fourth-order valence-electron chi connectivity index (χ4n) is 1.17. The summed E-state index contributed by atoms with van der Waals surface area (Å²) in [5.41, 5.74) is 0. The molecule has 0 radical (unpaired) electrons. The Morgan fingerprint density at radius 1 is 1.40 bits per heavy atom. The maximum absolute atomic E-state index is 12.1. The quantitative estimate of drug-likeness (QED) is 0.569. The van der Waals surface area contributed by atoms with Crippen LogP contribution in [0.1, 0.15) is 19.3 Å². The van der Waals surface area contributed by atoms with Crippen LogP contribution in [-0.2, 0) is 10.2 Å². The molecule has 1 saturated carbocycles. The van der Waals surface area contributed by atoms with Gasteiger partial charge in [0.1, 0.15) is 0 Å². The van der Waals surface area contributed by atoms with E-state index in [1.165, 1.54) is 0 Å². The molecule has 1 N–H and O–H groups in total. The Kier molecular flexibility index (Phi) is 1.96. The number of hydrogen-bond acceptors (Lipinski definition) is 3. The number of halogens is 1. The van der Waals surface area contributed by atoms with Crippen molar-refractivity contribution >= 4 is 10.2 Å². The zero-order chi connectivity index (χ0) is 7.78. The summed E-state index contributed by atoms with van der Waals surface area (Å²) in [6.45, 7) is 0. The molecule has 1 rings (SSSR count). The van der Waals surface area contributed by atoms with Crippen LogP contribution in [0.2, 0.25) is 0 Å². The normalized spacial score (nSPS) is 34.6. The van der Waals surface area contributed by atoms with Gasteiger partial charge in [-0.2, -0.15) is 8.42 Å². The van der Waals surface area contributed by atoms with Gasteiger partial charge in [0.15, 0.2) is 0 Å². The monoisotopic (exact) mass is 168 g/mol. The number of hydrogen-bond donors (Lipinski definition) is 1. The van der Waals surface area contributed by atoms with Gasteiger partial charge in [0, 0.05) is 0 Å². The van der Waals surface area contributed by atoms with Crippen LogP contribution in [0.4, 0.5) is 3.89 Å². The van der Waals surface area contributed by atoms with Crippen molar-refractivity contribution < 1.29 is 17.4 Å². The molecule has 0 unspecified atom stereocenters. The van der Waals surface area contributed by atoms with Crippen molar-refractivity contribution in [2.45, 2.75) is 30.6 Å². The lowest BCUT2D eigenvalue weighted by Crippen LogP contribution is -2.13. The highest BCUT2D eigenvalue weighted by Crippen LogP contribution is 2.25. The van der Waals surface area contributed by atoms with Crippen LogP contribution in [0.3, 0.4) is 0 Å². The van der Waals surface area contributed by atoms with Gasteiger partial charge < -0.3 is 5.11 Å². The second-order valence-corrected chi connectivity index (χ2v) is 4.18. The van der Waals surface area contributed by atoms with E-state index in [4.69, 9.17) is 5.11 Å². The van der Waals surface area contributed by atoms with Crippen molar-refractivity contribution in [1.29, 1.82) is 0 Å². The Hall–Kier alpha value is -0.160. The van der Waals surface area contributed by atoms with E-state index < -0.39 is 21.6 Å². The molecule has 0 aliphatic heterocycles. The Morgan fingerprint density at radius 3 is 2.20 bits per heavy atom. The average molecular weight is 168 g/mol. The topological polar surface area (TPSA) is 54.4 Å². The Labute approximate surface area is 59.1 Å². The maximum Gasteiger partial charge on any atom is 0.305 e. The van der Waals surface area contributed by atoms with Crippen LogP contribution < -0.4 is 0 Å². The first-order valence-corrected chi connectivity index (χ1v) is 4.56. The zero-order valence-corrected chi connectivity index (χ0v) is 6.14. The van der Waals surface area contributed by atoms with Gasteiger partial charge in [-0.1, -0.05) is 0 Å². The minimum Gasteiger partial charge on any atom is -0.393 e. The third-order valence-corrected chi connectivity index (χ3v) is 2.98. The average Bonchev–Trinajstić information content (AvgIpc) is 2.11. The Balaban J connectivity index is 2.62. The fourth-order valence-corrected chi connectivity index (χ4v) is 2.04. The van der Waals surface area contributed by atoms with Crippen LogP contribution in [-0.4, -0.2) is 24.9 Å². The number of aliphatic hydroxyl groups is 1. The molecular formula is C5H9FO3S. The first-order valence-electron chi connectivity index (χ1n) is 3.11. The van der Waals surface area contributed by atoms with Crippen molar-refractivity contribution in [3.63, 3.8) is 0 Å². The van der Waals surface area contributed by atoms with E-state index in [9.17, 15) is 12.3 Å². The van der Waals surface area contributed by atoms with Gasteiger partial charge in [0.2, 0.25) is 0 Å². The standard InChI is InChI=1S/C5H9FO3S/c6-10(8,9)5-2-1-4(7)3-5/h4-5,7H,1-3H2/t4-,5+/m1/s1. The molecule has 5 heteroatoms. The minimum atomic E-state index is -4.40. The largest absolute Gasteiger partial charge is 0.393 e. The SMILES string of the molecule is O=S(=O)(F)[C@H]1CC[C@@H](O)C1. The Morgan fingerprint density at radius 2 is 2.00 bits per heavy atom. The molecule has 0 spiro atoms. The van der Waals surface area contributed by atoms with Crippen molar-refractivity contribution in [2.24, 2.45) is 0 Å². The third kappa shape index (κ3) is 1.67. The molecule has 0 aromatic heterocycles. The predicted molar refractivity (Wildman–Crippen MR) is 33.7 cm³/mol. The number of rotatable bonds is 1. The highest BCUT2D eigenvalue weighted by Gasteiger charge is 2.33. The lowest BCUT2D eigenvalue weighted by Gasteiger charge is -2.00. The molecule has 1 fully saturated rings. The smallest absolute Gasteiger partial charge is 0.305 e. The summed E-state index contributed by atoms with van der Waals surface area (Å²) in [7, 11) is -4.40. The lowest BCUT2D eigenvalue weighted by atomic mass is 10.3. The van der Waals surface area contributed by atoms with Gasteiger partial charge in [-0.15, -0.1) is 3.89 Å². The van der Waals surface area contributed by atoms with Gasteiger partial charge in [0.25, 0.3) is 0 Å². The van der Waals surface area contributed by atoms with Gasteiger partial charge in [-0.25, -0.2) is 0 Å². The van der Waals surface area contributed by atoms with E-state index in [2.05, 4.69) is 0 Å². The number of aliphatic hydroxyl groups excluding tert-OH is 1. The molecule has 1 aliphatic carbocycles. The second kappa shape index (κ2) is 2.47. The summed E-state index contributed by atoms with van der Waals surface area (Å²) >= 11 is 0. The van der Waals surface area contributed by atoms with E-state index in [0.29, 0.717) is 6.42 Å². The van der Waals surface area contributed by atoms with E-state index in [1.807, 2.05) is 0 Å². The van der Waals surface area contributed by atoms with Crippen molar-refractivity contribution in [2.75, 3.05) is 0 Å². The summed E-state index contributed by atoms with van der Waals surface area (Å²) in [5.74, 6) is 0. The van der Waals surface area contributed by atoms with Gasteiger partial charge in [-0.3, -0.25) is 0 Å². The summed E-state index contributed by atoms with van der Waals surface area (Å²) < 4.78 is 32.5. The lowest BCUT2D eigenvalue weighted by molar-refractivity contribution is 0.183.